The molecule has 0 aromatic carbocycles. The molecule has 11 N–H and O–H groups in total. The number of nitrogens with zero attached hydrogens (tertiary/aromatic N) is 2. The van der Waals surface area contributed by atoms with E-state index in [4.69, 9.17) is 16.2 Å². The number of aliphatic carboxylic acids is 2. The number of amides is 7. The van der Waals surface area contributed by atoms with Gasteiger partial charge in [0.05, 0.1) is 18.2 Å². The van der Waals surface area contributed by atoms with Gasteiger partial charge >= 0.3 is 11.9 Å². The quantitative estimate of drug-likeness (QED) is 0.0187. The van der Waals surface area contributed by atoms with E-state index in [9.17, 15) is 53.4 Å². The molecule has 1 saturated heterocycles. The summed E-state index contributed by atoms with van der Waals surface area (Å²) in [7, 11) is 0. The van der Waals surface area contributed by atoms with Crippen LogP contribution in [0.25, 0.3) is 0 Å². The second kappa shape index (κ2) is 23.5. The summed E-state index contributed by atoms with van der Waals surface area (Å²) < 4.78 is 5.27. The molecule has 21 nitrogen and oxygen atoms in total. The van der Waals surface area contributed by atoms with Crippen LogP contribution in [-0.4, -0.2) is 143 Å². The standard InChI is InChI=1S/C30H49N9O12S/c1-16(2)6-10-51-14-23(42)33-8-9-39-24(43)12-21(28(39)48)52-15-20(29(49)50)38-27(47)19(11-25(44)45)37-22(41)13-35-26(46)18(36-17(3)40)5-4-7-34-30(31)32/h16,18-21H,4-15H2,1-3H3,(H,33,42)(H,35,46)(H,36,40)(H,37,41)(H,38,47)(H,44,45)(H,49,50)(H4,31,32,34)/t18-,19?,20+,21?/m0/s1. The molecule has 52 heavy (non-hydrogen) atoms. The SMILES string of the molecule is CC(=O)N[C@@H](CCCN=C(N)N)C(=O)NCC(=O)NC(CC(=O)O)C(=O)N[C@H](CSC1CC(=O)N(CCNC(=O)COCCC(C)C)C1=O)C(=O)O. The molecule has 4 atom stereocenters. The number of likely N-dealkylation sites (tertiary alicyclic amines) is 1. The average Bonchev–Trinajstić information content (AvgIpc) is 3.31. The minimum Gasteiger partial charge on any atom is -0.481 e. The Labute approximate surface area is 304 Å². The van der Waals surface area contributed by atoms with Crippen LogP contribution in [0.4, 0.5) is 0 Å². The van der Waals surface area contributed by atoms with Crippen LogP contribution in [-0.2, 0) is 47.9 Å². The summed E-state index contributed by atoms with van der Waals surface area (Å²) in [5, 5.41) is 29.5. The van der Waals surface area contributed by atoms with E-state index < -0.39 is 95.4 Å². The number of imide groups is 1. The van der Waals surface area contributed by atoms with E-state index in [0.717, 1.165) is 23.1 Å². The van der Waals surface area contributed by atoms with Gasteiger partial charge in [0.1, 0.15) is 24.7 Å². The Bertz CT molecular complexity index is 1340. The molecule has 1 heterocycles. The number of guanidine groups is 1. The first kappa shape index (κ1) is 45.0. The molecule has 0 spiro atoms. The van der Waals surface area contributed by atoms with Crippen LogP contribution in [0.3, 0.4) is 0 Å². The van der Waals surface area contributed by atoms with Gasteiger partial charge in [0, 0.05) is 45.3 Å². The molecule has 7 amide bonds. The summed E-state index contributed by atoms with van der Waals surface area (Å²) in [6.07, 6.45) is -0.0164. The van der Waals surface area contributed by atoms with Crippen LogP contribution in [0.1, 0.15) is 52.9 Å². The Kier molecular flexibility index (Phi) is 20.3. The fourth-order valence-electron chi connectivity index (χ4n) is 4.46. The fourth-order valence-corrected chi connectivity index (χ4v) is 5.64. The zero-order chi connectivity index (χ0) is 39.4. The molecule has 0 aliphatic carbocycles. The lowest BCUT2D eigenvalue weighted by molar-refractivity contribution is -0.143. The first-order valence-electron chi connectivity index (χ1n) is 16.4. The molecular formula is C30H49N9O12S. The van der Waals surface area contributed by atoms with Gasteiger partial charge in [0.2, 0.25) is 41.4 Å². The molecular weight excluding hydrogens is 710 g/mol. The molecule has 22 heteroatoms. The van der Waals surface area contributed by atoms with E-state index in [0.29, 0.717) is 18.9 Å². The van der Waals surface area contributed by atoms with Crippen molar-refractivity contribution in [2.45, 2.75) is 76.3 Å². The molecule has 0 radical (unpaired) electrons. The van der Waals surface area contributed by atoms with Crippen molar-refractivity contribution in [3.8, 4) is 0 Å². The Hall–Kier alpha value is -4.99. The number of carboxylic acids is 2. The monoisotopic (exact) mass is 759 g/mol. The zero-order valence-electron chi connectivity index (χ0n) is 29.3. The molecule has 0 aromatic heterocycles. The van der Waals surface area contributed by atoms with Crippen LogP contribution in [0.2, 0.25) is 0 Å². The lowest BCUT2D eigenvalue weighted by Gasteiger charge is -2.21. The number of carbonyl (C=O) groups is 9. The maximum atomic E-state index is 12.9. The van der Waals surface area contributed by atoms with Gasteiger partial charge in [-0.15, -0.1) is 11.8 Å². The molecule has 2 unspecified atom stereocenters. The van der Waals surface area contributed by atoms with Gasteiger partial charge in [-0.25, -0.2) is 4.79 Å². The number of rotatable bonds is 25. The first-order valence-corrected chi connectivity index (χ1v) is 17.4. The van der Waals surface area contributed by atoms with Crippen LogP contribution in [0, 0.1) is 5.92 Å². The van der Waals surface area contributed by atoms with Crippen LogP contribution >= 0.6 is 11.8 Å². The Morgan fingerprint density at radius 1 is 0.942 bits per heavy atom. The summed E-state index contributed by atoms with van der Waals surface area (Å²) in [4.78, 5) is 115. The second-order valence-corrected chi connectivity index (χ2v) is 13.3. The van der Waals surface area contributed by atoms with Crippen molar-refractivity contribution in [2.24, 2.45) is 22.4 Å². The third-order valence-corrected chi connectivity index (χ3v) is 8.40. The molecule has 0 bridgehead atoms. The van der Waals surface area contributed by atoms with Gasteiger partial charge in [-0.2, -0.15) is 0 Å². The highest BCUT2D eigenvalue weighted by Gasteiger charge is 2.39. The van der Waals surface area contributed by atoms with Gasteiger partial charge in [0.25, 0.3) is 0 Å². The fraction of sp³-hybridized carbons (Fsp3) is 0.667. The minimum atomic E-state index is -1.76. The predicted molar refractivity (Wildman–Crippen MR) is 185 cm³/mol. The van der Waals surface area contributed by atoms with Crippen molar-refractivity contribution in [3.05, 3.63) is 0 Å². The van der Waals surface area contributed by atoms with Gasteiger partial charge in [-0.05, 0) is 25.2 Å². The maximum Gasteiger partial charge on any atom is 0.327 e. The van der Waals surface area contributed by atoms with Crippen molar-refractivity contribution in [2.75, 3.05) is 45.1 Å². The van der Waals surface area contributed by atoms with Crippen molar-refractivity contribution in [1.29, 1.82) is 0 Å². The van der Waals surface area contributed by atoms with E-state index in [2.05, 4.69) is 31.6 Å². The lowest BCUT2D eigenvalue weighted by Crippen LogP contribution is -2.55. The van der Waals surface area contributed by atoms with E-state index in [1.807, 2.05) is 13.8 Å². The third-order valence-electron chi connectivity index (χ3n) is 7.10. The van der Waals surface area contributed by atoms with Gasteiger partial charge in [-0.1, -0.05) is 13.8 Å². The molecule has 1 rings (SSSR count). The lowest BCUT2D eigenvalue weighted by atomic mass is 10.1. The smallest absolute Gasteiger partial charge is 0.327 e. The molecule has 1 aliphatic rings. The number of ether oxygens (including phenoxy) is 1. The van der Waals surface area contributed by atoms with Crippen molar-refractivity contribution in [1.82, 2.24) is 31.5 Å². The highest BCUT2D eigenvalue weighted by Crippen LogP contribution is 2.25. The van der Waals surface area contributed by atoms with E-state index in [1.54, 1.807) is 0 Å². The van der Waals surface area contributed by atoms with Crippen molar-refractivity contribution < 1.29 is 58.1 Å². The average molecular weight is 760 g/mol. The Morgan fingerprint density at radius 2 is 1.63 bits per heavy atom. The normalized spacial score (nSPS) is 15.6. The summed E-state index contributed by atoms with van der Waals surface area (Å²) in [5.74, 6) is -8.23. The molecule has 0 aromatic rings. The van der Waals surface area contributed by atoms with Crippen LogP contribution < -0.4 is 38.1 Å². The molecule has 1 aliphatic heterocycles. The molecule has 292 valence electrons. The Morgan fingerprint density at radius 3 is 2.23 bits per heavy atom. The summed E-state index contributed by atoms with van der Waals surface area (Å²) >= 11 is 0.784. The number of carboxylic acid groups (broad SMARTS) is 2. The molecule has 1 fully saturated rings. The molecule has 0 saturated carbocycles. The van der Waals surface area contributed by atoms with Gasteiger partial charge in [0.15, 0.2) is 5.96 Å². The highest BCUT2D eigenvalue weighted by molar-refractivity contribution is 8.00. The van der Waals surface area contributed by atoms with Crippen LogP contribution in [0.15, 0.2) is 4.99 Å². The van der Waals surface area contributed by atoms with E-state index in [-0.39, 0.29) is 45.0 Å². The number of hydrogen-bond donors (Lipinski definition) is 9. The third kappa shape index (κ3) is 18.3. The second-order valence-electron chi connectivity index (χ2n) is 12.0. The van der Waals surface area contributed by atoms with Crippen molar-refractivity contribution in [3.63, 3.8) is 0 Å². The van der Waals surface area contributed by atoms with Gasteiger partial charge < -0.3 is 53.0 Å². The predicted octanol–water partition coefficient (Wildman–Crippen LogP) is -3.77. The number of aliphatic imine (C=N–C) groups is 1. The summed E-state index contributed by atoms with van der Waals surface area (Å²) in [6, 6.07) is -4.49. The Balaban J connectivity index is 2.71. The number of hydrogen-bond acceptors (Lipinski definition) is 12. The van der Waals surface area contributed by atoms with Crippen LogP contribution in [0.5, 0.6) is 0 Å². The zero-order valence-corrected chi connectivity index (χ0v) is 30.1. The number of thioether (sulfide) groups is 1. The number of nitrogens with one attached hydrogen (secondary N) is 5. The number of nitrogens with two attached hydrogens (primary N) is 2. The van der Waals surface area contributed by atoms with Gasteiger partial charge in [-0.3, -0.25) is 48.2 Å². The van der Waals surface area contributed by atoms with Crippen molar-refractivity contribution >= 4 is 71.0 Å². The highest BCUT2D eigenvalue weighted by atomic mass is 32.2. The topological polar surface area (TPSA) is 331 Å². The number of carbonyl (C=O) groups excluding carboxylic acids is 7. The maximum absolute atomic E-state index is 12.9. The summed E-state index contributed by atoms with van der Waals surface area (Å²) in [5.41, 5.74) is 10.5. The van der Waals surface area contributed by atoms with E-state index >= 15 is 0 Å². The summed E-state index contributed by atoms with van der Waals surface area (Å²) in [6.45, 7) is 4.74. The minimum absolute atomic E-state index is 0.0218. The largest absolute Gasteiger partial charge is 0.481 e. The first-order chi connectivity index (χ1) is 24.4. The van der Waals surface area contributed by atoms with E-state index in [1.165, 1.54) is 6.92 Å².